The minimum absolute atomic E-state index is 0.00699. The molecule has 2 heterocycles. The summed E-state index contributed by atoms with van der Waals surface area (Å²) in [7, 11) is 3.88. The number of halogens is 3. The van der Waals surface area contributed by atoms with Crippen LogP contribution in [0.4, 0.5) is 24.9 Å². The molecule has 148 valence electrons. The minimum Gasteiger partial charge on any atom is -0.379 e. The summed E-state index contributed by atoms with van der Waals surface area (Å²) in [4.78, 5) is 12.0. The van der Waals surface area contributed by atoms with Gasteiger partial charge in [0.25, 0.3) is 0 Å². The fourth-order valence-corrected chi connectivity index (χ4v) is 2.52. The minimum atomic E-state index is -4.51. The smallest absolute Gasteiger partial charge is 0.379 e. The third-order valence-corrected chi connectivity index (χ3v) is 3.92. The van der Waals surface area contributed by atoms with Crippen molar-refractivity contribution >= 4 is 11.8 Å². The Morgan fingerprint density at radius 2 is 1.88 bits per heavy atom. The van der Waals surface area contributed by atoms with Crippen LogP contribution in [0.2, 0.25) is 0 Å². The van der Waals surface area contributed by atoms with Crippen molar-refractivity contribution in [1.29, 1.82) is 0 Å². The summed E-state index contributed by atoms with van der Waals surface area (Å²) in [5, 5.41) is 5.85. The molecular formula is C16H27F3N6O. The highest BCUT2D eigenvalue weighted by Crippen LogP contribution is 2.29. The van der Waals surface area contributed by atoms with Crippen LogP contribution >= 0.6 is 0 Å². The van der Waals surface area contributed by atoms with Gasteiger partial charge in [-0.3, -0.25) is 4.90 Å². The molecule has 0 aromatic carbocycles. The molecule has 1 aliphatic heterocycles. The lowest BCUT2D eigenvalue weighted by Crippen LogP contribution is -2.39. The van der Waals surface area contributed by atoms with Crippen LogP contribution in [0.25, 0.3) is 0 Å². The van der Waals surface area contributed by atoms with Gasteiger partial charge in [0.15, 0.2) is 5.69 Å². The Hall–Kier alpha value is -1.65. The predicted octanol–water partition coefficient (Wildman–Crippen LogP) is 1.60. The molecule has 1 fully saturated rings. The molecule has 26 heavy (non-hydrogen) atoms. The van der Waals surface area contributed by atoms with Gasteiger partial charge in [-0.2, -0.15) is 18.2 Å². The van der Waals surface area contributed by atoms with Gasteiger partial charge in [0.2, 0.25) is 5.95 Å². The van der Waals surface area contributed by atoms with E-state index in [1.807, 2.05) is 19.0 Å². The first kappa shape index (κ1) is 20.7. The summed E-state index contributed by atoms with van der Waals surface area (Å²) < 4.78 is 44.5. The van der Waals surface area contributed by atoms with Gasteiger partial charge in [-0.15, -0.1) is 0 Å². The molecule has 1 aromatic heterocycles. The van der Waals surface area contributed by atoms with E-state index in [0.29, 0.717) is 26.3 Å². The fourth-order valence-electron chi connectivity index (χ4n) is 2.52. The van der Waals surface area contributed by atoms with Gasteiger partial charge in [0.05, 0.1) is 13.2 Å². The summed E-state index contributed by atoms with van der Waals surface area (Å²) in [6, 6.07) is 0.949. The lowest BCUT2D eigenvalue weighted by atomic mass is 10.3. The van der Waals surface area contributed by atoms with Crippen LogP contribution in [0.3, 0.4) is 0 Å². The van der Waals surface area contributed by atoms with E-state index in [-0.39, 0.29) is 11.8 Å². The predicted molar refractivity (Wildman–Crippen MR) is 94.4 cm³/mol. The van der Waals surface area contributed by atoms with Crippen LogP contribution in [-0.2, 0) is 10.9 Å². The highest BCUT2D eigenvalue weighted by molar-refractivity contribution is 5.43. The molecule has 0 amide bonds. The Balaban J connectivity index is 1.93. The van der Waals surface area contributed by atoms with Crippen molar-refractivity contribution in [1.82, 2.24) is 19.8 Å². The maximum Gasteiger partial charge on any atom is 0.433 e. The number of rotatable bonds is 9. The number of hydrogen-bond acceptors (Lipinski definition) is 7. The van der Waals surface area contributed by atoms with Crippen LogP contribution in [0, 0.1) is 0 Å². The third-order valence-electron chi connectivity index (χ3n) is 3.92. The molecule has 1 aliphatic rings. The van der Waals surface area contributed by atoms with Crippen LogP contribution in [-0.4, -0.2) is 86.3 Å². The van der Waals surface area contributed by atoms with Crippen LogP contribution in [0.1, 0.15) is 12.1 Å². The van der Waals surface area contributed by atoms with Gasteiger partial charge in [-0.05, 0) is 27.1 Å². The summed E-state index contributed by atoms with van der Waals surface area (Å²) in [6.07, 6.45) is -3.73. The number of hydrogen-bond donors (Lipinski definition) is 2. The SMILES string of the molecule is CN(C)CCCNc1nc(NCCN2CCOCC2)cc(C(F)(F)F)n1. The molecule has 2 N–H and O–H groups in total. The highest BCUT2D eigenvalue weighted by atomic mass is 19.4. The van der Waals surface area contributed by atoms with Gasteiger partial charge in [-0.25, -0.2) is 4.98 Å². The molecule has 0 saturated carbocycles. The van der Waals surface area contributed by atoms with Crippen LogP contribution in [0.5, 0.6) is 0 Å². The molecule has 0 spiro atoms. The molecule has 0 bridgehead atoms. The normalized spacial score (nSPS) is 16.1. The molecule has 7 nitrogen and oxygen atoms in total. The lowest BCUT2D eigenvalue weighted by molar-refractivity contribution is -0.141. The number of anilines is 2. The van der Waals surface area contributed by atoms with E-state index in [1.165, 1.54) is 0 Å². The maximum absolute atomic E-state index is 13.1. The van der Waals surface area contributed by atoms with E-state index in [0.717, 1.165) is 38.7 Å². The van der Waals surface area contributed by atoms with Crippen LogP contribution in [0.15, 0.2) is 6.07 Å². The van der Waals surface area contributed by atoms with Crippen molar-refractivity contribution < 1.29 is 17.9 Å². The van der Waals surface area contributed by atoms with Crippen LogP contribution < -0.4 is 10.6 Å². The Morgan fingerprint density at radius 3 is 2.54 bits per heavy atom. The third kappa shape index (κ3) is 7.30. The number of aromatic nitrogens is 2. The summed E-state index contributed by atoms with van der Waals surface area (Å²) in [5.41, 5.74) is -0.948. The average molecular weight is 376 g/mol. The summed E-state index contributed by atoms with van der Waals surface area (Å²) in [6.45, 7) is 5.60. The van der Waals surface area contributed by atoms with Gasteiger partial charge in [-0.1, -0.05) is 0 Å². The van der Waals surface area contributed by atoms with E-state index < -0.39 is 11.9 Å². The van der Waals surface area contributed by atoms with E-state index in [4.69, 9.17) is 4.74 Å². The molecule has 2 rings (SSSR count). The second-order valence-corrected chi connectivity index (χ2v) is 6.42. The van der Waals surface area contributed by atoms with Crippen molar-refractivity contribution in [3.05, 3.63) is 11.8 Å². The zero-order valence-corrected chi connectivity index (χ0v) is 15.3. The lowest BCUT2D eigenvalue weighted by Gasteiger charge is -2.26. The monoisotopic (exact) mass is 376 g/mol. The fraction of sp³-hybridized carbons (Fsp3) is 0.750. The van der Waals surface area contributed by atoms with Crippen molar-refractivity contribution in [3.63, 3.8) is 0 Å². The molecule has 1 aromatic rings. The molecule has 0 aliphatic carbocycles. The van der Waals surface area contributed by atoms with E-state index in [1.54, 1.807) is 0 Å². The molecule has 10 heteroatoms. The molecule has 1 saturated heterocycles. The van der Waals surface area contributed by atoms with Gasteiger partial charge >= 0.3 is 6.18 Å². The number of nitrogens with one attached hydrogen (secondary N) is 2. The molecule has 0 atom stereocenters. The first-order valence-corrected chi connectivity index (χ1v) is 8.73. The number of ether oxygens (including phenoxy) is 1. The molecule has 0 unspecified atom stereocenters. The molecule has 0 radical (unpaired) electrons. The van der Waals surface area contributed by atoms with Gasteiger partial charge < -0.3 is 20.3 Å². The maximum atomic E-state index is 13.1. The largest absolute Gasteiger partial charge is 0.433 e. The summed E-state index contributed by atoms with van der Waals surface area (Å²) in [5.74, 6) is 0.170. The Kier molecular flexibility index (Phi) is 7.85. The second-order valence-electron chi connectivity index (χ2n) is 6.42. The zero-order chi connectivity index (χ0) is 19.0. The number of alkyl halides is 3. The Labute approximate surface area is 151 Å². The van der Waals surface area contributed by atoms with Crippen molar-refractivity contribution in [3.8, 4) is 0 Å². The van der Waals surface area contributed by atoms with Crippen molar-refractivity contribution in [2.24, 2.45) is 0 Å². The average Bonchev–Trinajstić information content (AvgIpc) is 2.59. The topological polar surface area (TPSA) is 65.5 Å². The number of nitrogens with zero attached hydrogens (tertiary/aromatic N) is 4. The zero-order valence-electron chi connectivity index (χ0n) is 15.3. The highest BCUT2D eigenvalue weighted by Gasteiger charge is 2.33. The standard InChI is InChI=1S/C16H27F3N6O/c1-24(2)6-3-4-21-15-22-13(16(17,18)19)12-14(23-15)20-5-7-25-8-10-26-11-9-25/h12H,3-11H2,1-2H3,(H2,20,21,22,23). The summed E-state index contributed by atoms with van der Waals surface area (Å²) >= 11 is 0. The Morgan fingerprint density at radius 1 is 1.15 bits per heavy atom. The van der Waals surface area contributed by atoms with E-state index in [9.17, 15) is 13.2 Å². The number of morpholine rings is 1. The van der Waals surface area contributed by atoms with Gasteiger partial charge in [0.1, 0.15) is 5.82 Å². The van der Waals surface area contributed by atoms with Gasteiger partial charge in [0, 0.05) is 38.8 Å². The van der Waals surface area contributed by atoms with E-state index >= 15 is 0 Å². The quantitative estimate of drug-likeness (QED) is 0.635. The van der Waals surface area contributed by atoms with E-state index in [2.05, 4.69) is 25.5 Å². The second kappa shape index (κ2) is 9.89. The first-order chi connectivity index (χ1) is 12.3. The van der Waals surface area contributed by atoms with Crippen molar-refractivity contribution in [2.75, 3.05) is 77.2 Å². The first-order valence-electron chi connectivity index (χ1n) is 8.73. The van der Waals surface area contributed by atoms with Crippen molar-refractivity contribution in [2.45, 2.75) is 12.6 Å². The Bertz CT molecular complexity index is 549. The molecular weight excluding hydrogens is 349 g/mol.